The lowest BCUT2D eigenvalue weighted by Crippen LogP contribution is -2.37. The van der Waals surface area contributed by atoms with Crippen LogP contribution in [0.3, 0.4) is 0 Å². The third-order valence-electron chi connectivity index (χ3n) is 6.78. The van der Waals surface area contributed by atoms with E-state index in [1.165, 1.54) is 31.5 Å². The number of hydrogen-bond donors (Lipinski definition) is 1. The number of aromatic nitrogens is 2. The topological polar surface area (TPSA) is 112 Å². The Hall–Kier alpha value is -4.48. The predicted molar refractivity (Wildman–Crippen MR) is 150 cm³/mol. The number of rotatable bonds is 10. The molecule has 41 heavy (non-hydrogen) atoms. The van der Waals surface area contributed by atoms with Gasteiger partial charge in [-0.05, 0) is 42.3 Å². The zero-order chi connectivity index (χ0) is 28.8. The van der Waals surface area contributed by atoms with Crippen LogP contribution < -0.4 is 19.8 Å². The molecule has 1 N–H and O–H groups in total. The molecule has 11 heteroatoms. The first kappa shape index (κ1) is 28.1. The third kappa shape index (κ3) is 6.31. The lowest BCUT2D eigenvalue weighted by Gasteiger charge is -2.26. The average Bonchev–Trinajstić information content (AvgIpc) is 3.00. The zero-order valence-corrected chi connectivity index (χ0v) is 22.8. The molecule has 0 spiro atoms. The second-order valence-corrected chi connectivity index (χ2v) is 9.32. The minimum Gasteiger partial charge on any atom is -0.493 e. The summed E-state index contributed by atoms with van der Waals surface area (Å²) < 4.78 is 42.9. The summed E-state index contributed by atoms with van der Waals surface area (Å²) in [7, 11) is 2.72. The van der Waals surface area contributed by atoms with E-state index in [0.717, 1.165) is 39.3 Å². The summed E-state index contributed by atoms with van der Waals surface area (Å²) in [5.41, 5.74) is 0.303. The average molecular weight is 564 g/mol. The van der Waals surface area contributed by atoms with Crippen LogP contribution in [0.4, 0.5) is 4.39 Å². The van der Waals surface area contributed by atoms with Crippen LogP contribution in [-0.2, 0) is 9.47 Å². The Morgan fingerprint density at radius 2 is 1.88 bits per heavy atom. The normalized spacial score (nSPS) is 13.6. The number of H-pyrrole nitrogens is 1. The van der Waals surface area contributed by atoms with Gasteiger partial charge in [0.2, 0.25) is 0 Å². The number of nitrogens with zero attached hydrogens (tertiary/aromatic N) is 2. The molecule has 1 saturated heterocycles. The number of hydrogen-bond acceptors (Lipinski definition) is 9. The molecule has 0 atom stereocenters. The first-order chi connectivity index (χ1) is 20.0. The number of carbonyl (C=O) groups excluding carboxylic acids is 1. The van der Waals surface area contributed by atoms with E-state index in [-0.39, 0.29) is 16.9 Å². The van der Waals surface area contributed by atoms with Crippen molar-refractivity contribution in [2.24, 2.45) is 0 Å². The molecule has 10 nitrogen and oxygen atoms in total. The van der Waals surface area contributed by atoms with E-state index in [1.54, 1.807) is 37.6 Å². The van der Waals surface area contributed by atoms with Crippen molar-refractivity contribution in [2.45, 2.75) is 6.42 Å². The number of halogens is 1. The van der Waals surface area contributed by atoms with Gasteiger partial charge in [-0.15, -0.1) is 0 Å². The number of methoxy groups -OCH3 is 2. The molecule has 0 amide bonds. The van der Waals surface area contributed by atoms with Crippen LogP contribution in [0.2, 0.25) is 0 Å². The Morgan fingerprint density at radius 3 is 2.63 bits per heavy atom. The van der Waals surface area contributed by atoms with E-state index < -0.39 is 17.3 Å². The van der Waals surface area contributed by atoms with Crippen molar-refractivity contribution < 1.29 is 32.9 Å². The standard InChI is InChI=1S/C30H30FN3O7/c1-37-26-17-21-23(18-27(26)40-13-3-10-34-11-14-39-15-12-34)32-9-7-24(21)41-25-5-4-19(16-22(25)31)20-6-8-33-29(35)28(20)30(36)38-2/h4-9,16-18H,3,10-15H2,1-2H3,(H,33,35). The molecule has 214 valence electrons. The molecular formula is C30H30FN3O7. The van der Waals surface area contributed by atoms with E-state index in [2.05, 4.69) is 14.9 Å². The summed E-state index contributed by atoms with van der Waals surface area (Å²) in [4.78, 5) is 33.6. The quantitative estimate of drug-likeness (QED) is 0.221. The number of carbonyl (C=O) groups is 1. The van der Waals surface area contributed by atoms with Gasteiger partial charge in [-0.1, -0.05) is 6.07 Å². The molecule has 5 rings (SSSR count). The summed E-state index contributed by atoms with van der Waals surface area (Å²) >= 11 is 0. The first-order valence-electron chi connectivity index (χ1n) is 13.2. The van der Waals surface area contributed by atoms with Crippen LogP contribution in [0.1, 0.15) is 16.8 Å². The number of esters is 1. The van der Waals surface area contributed by atoms with Crippen LogP contribution in [0.25, 0.3) is 22.0 Å². The molecule has 1 fully saturated rings. The maximum Gasteiger partial charge on any atom is 0.344 e. The highest BCUT2D eigenvalue weighted by Gasteiger charge is 2.20. The number of ether oxygens (including phenoxy) is 5. The van der Waals surface area contributed by atoms with Crippen molar-refractivity contribution in [2.75, 3.05) is 53.7 Å². The van der Waals surface area contributed by atoms with Gasteiger partial charge in [-0.3, -0.25) is 14.7 Å². The largest absolute Gasteiger partial charge is 0.493 e. The smallest absolute Gasteiger partial charge is 0.344 e. The molecule has 1 aliphatic heterocycles. The van der Waals surface area contributed by atoms with Gasteiger partial charge in [0.15, 0.2) is 23.1 Å². The van der Waals surface area contributed by atoms with Crippen molar-refractivity contribution in [3.8, 4) is 34.1 Å². The Labute approximate surface area is 235 Å². The number of fused-ring (bicyclic) bond motifs is 1. The second-order valence-electron chi connectivity index (χ2n) is 9.32. The zero-order valence-electron chi connectivity index (χ0n) is 22.8. The molecule has 0 radical (unpaired) electrons. The lowest BCUT2D eigenvalue weighted by atomic mass is 10.0. The molecular weight excluding hydrogens is 533 g/mol. The number of pyridine rings is 2. The maximum absolute atomic E-state index is 15.3. The van der Waals surface area contributed by atoms with Gasteiger partial charge in [-0.25, -0.2) is 9.18 Å². The van der Waals surface area contributed by atoms with Gasteiger partial charge in [0, 0.05) is 49.0 Å². The van der Waals surface area contributed by atoms with E-state index in [9.17, 15) is 9.59 Å². The summed E-state index contributed by atoms with van der Waals surface area (Å²) in [6, 6.07) is 10.9. The van der Waals surface area contributed by atoms with Crippen LogP contribution in [0, 0.1) is 5.82 Å². The fourth-order valence-corrected chi connectivity index (χ4v) is 4.68. The highest BCUT2D eigenvalue weighted by molar-refractivity contribution is 5.96. The number of benzene rings is 2. The van der Waals surface area contributed by atoms with Crippen molar-refractivity contribution in [3.63, 3.8) is 0 Å². The van der Waals surface area contributed by atoms with Gasteiger partial charge in [0.25, 0.3) is 5.56 Å². The molecule has 0 bridgehead atoms. The summed E-state index contributed by atoms with van der Waals surface area (Å²) in [5, 5.41) is 0.607. The number of aromatic amines is 1. The Bertz CT molecular complexity index is 1600. The van der Waals surface area contributed by atoms with E-state index in [0.29, 0.717) is 40.3 Å². The summed E-state index contributed by atoms with van der Waals surface area (Å²) in [5.74, 6) is -0.127. The van der Waals surface area contributed by atoms with Crippen molar-refractivity contribution in [1.29, 1.82) is 0 Å². The highest BCUT2D eigenvalue weighted by atomic mass is 19.1. The molecule has 2 aromatic heterocycles. The molecule has 4 aromatic rings. The number of nitrogens with one attached hydrogen (secondary N) is 1. The molecule has 0 aliphatic carbocycles. The van der Waals surface area contributed by atoms with Gasteiger partial charge >= 0.3 is 5.97 Å². The van der Waals surface area contributed by atoms with Crippen LogP contribution >= 0.6 is 0 Å². The minimum absolute atomic E-state index is 0.0480. The van der Waals surface area contributed by atoms with Crippen molar-refractivity contribution in [3.05, 3.63) is 76.6 Å². The van der Waals surface area contributed by atoms with Crippen LogP contribution in [0.15, 0.2) is 59.7 Å². The molecule has 1 aliphatic rings. The van der Waals surface area contributed by atoms with Crippen molar-refractivity contribution >= 4 is 16.9 Å². The minimum atomic E-state index is -0.819. The SMILES string of the molecule is COC(=O)c1c(-c2ccc(Oc3ccnc4cc(OCCCN5CCOCC5)c(OC)cc34)c(F)c2)cc[nH]c1=O. The number of morpholine rings is 1. The Balaban J connectivity index is 1.35. The molecule has 0 saturated carbocycles. The third-order valence-corrected chi connectivity index (χ3v) is 6.78. The summed E-state index contributed by atoms with van der Waals surface area (Å²) in [6.45, 7) is 4.80. The van der Waals surface area contributed by atoms with Crippen LogP contribution in [-0.4, -0.2) is 74.5 Å². The van der Waals surface area contributed by atoms with E-state index in [1.807, 2.05) is 0 Å². The van der Waals surface area contributed by atoms with Gasteiger partial charge in [0.05, 0.1) is 39.6 Å². The maximum atomic E-state index is 15.3. The first-order valence-corrected chi connectivity index (χ1v) is 13.2. The van der Waals surface area contributed by atoms with Gasteiger partial charge in [0.1, 0.15) is 11.3 Å². The predicted octanol–water partition coefficient (Wildman–Crippen LogP) is 4.42. The Kier molecular flexibility index (Phi) is 8.76. The highest BCUT2D eigenvalue weighted by Crippen LogP contribution is 2.38. The monoisotopic (exact) mass is 563 g/mol. The molecule has 0 unspecified atom stereocenters. The molecule has 3 heterocycles. The van der Waals surface area contributed by atoms with Crippen molar-refractivity contribution in [1.82, 2.24) is 14.9 Å². The molecule has 2 aromatic carbocycles. The van der Waals surface area contributed by atoms with E-state index in [4.69, 9.17) is 23.7 Å². The van der Waals surface area contributed by atoms with Gasteiger partial charge < -0.3 is 28.7 Å². The van der Waals surface area contributed by atoms with Gasteiger partial charge in [-0.2, -0.15) is 0 Å². The van der Waals surface area contributed by atoms with E-state index >= 15 is 4.39 Å². The lowest BCUT2D eigenvalue weighted by molar-refractivity contribution is 0.0357. The van der Waals surface area contributed by atoms with Crippen LogP contribution in [0.5, 0.6) is 23.0 Å². The fourth-order valence-electron chi connectivity index (χ4n) is 4.68. The summed E-state index contributed by atoms with van der Waals surface area (Å²) in [6.07, 6.45) is 3.80. The Morgan fingerprint density at radius 1 is 1.05 bits per heavy atom. The fraction of sp³-hybridized carbons (Fsp3) is 0.300. The second kappa shape index (κ2) is 12.8.